The van der Waals surface area contributed by atoms with Crippen LogP contribution in [0.3, 0.4) is 0 Å². The van der Waals surface area contributed by atoms with Crippen molar-refractivity contribution >= 4 is 17.5 Å². The zero-order chi connectivity index (χ0) is 21.1. The molecule has 0 fully saturated rings. The number of carbonyl (C=O) groups is 1. The Labute approximate surface area is 178 Å². The van der Waals surface area contributed by atoms with Gasteiger partial charge in [-0.25, -0.2) is 9.97 Å². The first-order valence-corrected chi connectivity index (χ1v) is 9.72. The van der Waals surface area contributed by atoms with E-state index in [-0.39, 0.29) is 17.6 Å². The summed E-state index contributed by atoms with van der Waals surface area (Å²) in [5.74, 6) is 0.138. The minimum absolute atomic E-state index is 0.198. The summed E-state index contributed by atoms with van der Waals surface area (Å²) >= 11 is 6.01. The zero-order valence-corrected chi connectivity index (χ0v) is 17.2. The molecule has 4 rings (SSSR count). The van der Waals surface area contributed by atoms with Crippen LogP contribution in [-0.2, 0) is 7.05 Å². The van der Waals surface area contributed by atoms with Gasteiger partial charge in [0.25, 0.3) is 5.91 Å². The average Bonchev–Trinajstić information content (AvgIpc) is 3.21. The third-order valence-electron chi connectivity index (χ3n) is 4.62. The Morgan fingerprint density at radius 2 is 1.80 bits per heavy atom. The molecule has 30 heavy (non-hydrogen) atoms. The highest BCUT2D eigenvalue weighted by Crippen LogP contribution is 2.24. The van der Waals surface area contributed by atoms with Gasteiger partial charge in [-0.1, -0.05) is 23.7 Å². The number of aryl methyl sites for hydroxylation is 1. The van der Waals surface area contributed by atoms with Gasteiger partial charge < -0.3 is 5.32 Å². The lowest BCUT2D eigenvalue weighted by Crippen LogP contribution is -2.27. The molecule has 0 saturated carbocycles. The van der Waals surface area contributed by atoms with Crippen molar-refractivity contribution in [1.82, 2.24) is 30.0 Å². The summed E-state index contributed by atoms with van der Waals surface area (Å²) in [6.45, 7) is 1.91. The second kappa shape index (κ2) is 8.42. The molecule has 1 aromatic carbocycles. The molecule has 1 atom stereocenters. The Morgan fingerprint density at radius 3 is 2.47 bits per heavy atom. The SMILES string of the molecule is C[C@H](NC(=O)c1cc(-c2ccc(Cl)cc2)nc(-c2cnn(C)c2)n1)c1ccncc1. The predicted molar refractivity (Wildman–Crippen MR) is 115 cm³/mol. The summed E-state index contributed by atoms with van der Waals surface area (Å²) in [5, 5.41) is 7.80. The number of halogens is 1. The van der Waals surface area contributed by atoms with E-state index < -0.39 is 0 Å². The highest BCUT2D eigenvalue weighted by Gasteiger charge is 2.17. The van der Waals surface area contributed by atoms with E-state index in [0.717, 1.165) is 16.7 Å². The Morgan fingerprint density at radius 1 is 1.07 bits per heavy atom. The van der Waals surface area contributed by atoms with Crippen molar-refractivity contribution in [3.05, 3.63) is 83.5 Å². The maximum absolute atomic E-state index is 13.0. The number of rotatable bonds is 5. The molecule has 3 aromatic heterocycles. The van der Waals surface area contributed by atoms with E-state index in [9.17, 15) is 4.79 Å². The van der Waals surface area contributed by atoms with Crippen LogP contribution in [0.4, 0.5) is 0 Å². The summed E-state index contributed by atoms with van der Waals surface area (Å²) in [6, 6.07) is 12.5. The van der Waals surface area contributed by atoms with Crippen molar-refractivity contribution in [2.24, 2.45) is 7.05 Å². The Balaban J connectivity index is 1.71. The third kappa shape index (κ3) is 4.36. The summed E-state index contributed by atoms with van der Waals surface area (Å²) in [6.07, 6.45) is 6.87. The van der Waals surface area contributed by atoms with Gasteiger partial charge >= 0.3 is 0 Å². The van der Waals surface area contributed by atoms with Crippen LogP contribution in [0.2, 0.25) is 5.02 Å². The molecule has 0 unspecified atom stereocenters. The number of hydrogen-bond donors (Lipinski definition) is 1. The molecule has 4 aromatic rings. The minimum Gasteiger partial charge on any atom is -0.344 e. The van der Waals surface area contributed by atoms with Crippen LogP contribution in [0.1, 0.15) is 29.0 Å². The fourth-order valence-electron chi connectivity index (χ4n) is 3.00. The second-order valence-electron chi connectivity index (χ2n) is 6.85. The van der Waals surface area contributed by atoms with Crippen LogP contribution in [-0.4, -0.2) is 30.6 Å². The van der Waals surface area contributed by atoms with Gasteiger partial charge in [0.05, 0.1) is 23.5 Å². The lowest BCUT2D eigenvalue weighted by molar-refractivity contribution is 0.0935. The maximum Gasteiger partial charge on any atom is 0.270 e. The lowest BCUT2D eigenvalue weighted by atomic mass is 10.1. The number of carbonyl (C=O) groups excluding carboxylic acids is 1. The van der Waals surface area contributed by atoms with Crippen LogP contribution >= 0.6 is 11.6 Å². The van der Waals surface area contributed by atoms with E-state index in [1.165, 1.54) is 0 Å². The smallest absolute Gasteiger partial charge is 0.270 e. The standard InChI is InChI=1S/C22H19ClN6O/c1-14(15-7-9-24-10-8-15)26-22(30)20-11-19(16-3-5-18(23)6-4-16)27-21(28-20)17-12-25-29(2)13-17/h3-14H,1-2H3,(H,26,30)/t14-/m0/s1. The Bertz CT molecular complexity index is 1170. The van der Waals surface area contributed by atoms with Crippen LogP contribution in [0.25, 0.3) is 22.6 Å². The first-order valence-electron chi connectivity index (χ1n) is 9.34. The van der Waals surface area contributed by atoms with E-state index >= 15 is 0 Å². The Kier molecular flexibility index (Phi) is 5.54. The second-order valence-corrected chi connectivity index (χ2v) is 7.28. The van der Waals surface area contributed by atoms with E-state index in [0.29, 0.717) is 16.5 Å². The summed E-state index contributed by atoms with van der Waals surface area (Å²) in [5.41, 5.74) is 3.42. The predicted octanol–water partition coefficient (Wildman–Crippen LogP) is 4.08. The van der Waals surface area contributed by atoms with Gasteiger partial charge in [-0.15, -0.1) is 0 Å². The number of amides is 1. The maximum atomic E-state index is 13.0. The Hall–Kier alpha value is -3.58. The first kappa shape index (κ1) is 19.7. The highest BCUT2D eigenvalue weighted by atomic mass is 35.5. The van der Waals surface area contributed by atoms with E-state index in [2.05, 4.69) is 25.4 Å². The average molecular weight is 419 g/mol. The first-order chi connectivity index (χ1) is 14.5. The molecule has 8 heteroatoms. The lowest BCUT2D eigenvalue weighted by Gasteiger charge is -2.14. The van der Waals surface area contributed by atoms with Crippen molar-refractivity contribution in [2.45, 2.75) is 13.0 Å². The summed E-state index contributed by atoms with van der Waals surface area (Å²) < 4.78 is 1.67. The molecule has 3 heterocycles. The molecule has 1 N–H and O–H groups in total. The fraction of sp³-hybridized carbons (Fsp3) is 0.136. The highest BCUT2D eigenvalue weighted by molar-refractivity contribution is 6.30. The number of pyridine rings is 1. The zero-order valence-electron chi connectivity index (χ0n) is 16.5. The third-order valence-corrected chi connectivity index (χ3v) is 4.87. The van der Waals surface area contributed by atoms with Gasteiger partial charge in [-0.3, -0.25) is 14.5 Å². The number of nitrogens with zero attached hydrogens (tertiary/aromatic N) is 5. The molecular weight excluding hydrogens is 400 g/mol. The van der Waals surface area contributed by atoms with Gasteiger partial charge in [-0.2, -0.15) is 5.10 Å². The molecule has 0 aliphatic carbocycles. The summed E-state index contributed by atoms with van der Waals surface area (Å²) in [4.78, 5) is 26.1. The van der Waals surface area contributed by atoms with Crippen LogP contribution in [0.15, 0.2) is 67.3 Å². The number of nitrogens with one attached hydrogen (secondary N) is 1. The molecular formula is C22H19ClN6O. The largest absolute Gasteiger partial charge is 0.344 e. The van der Waals surface area contributed by atoms with E-state index in [4.69, 9.17) is 11.6 Å². The van der Waals surface area contributed by atoms with Crippen LogP contribution in [0, 0.1) is 0 Å². The van der Waals surface area contributed by atoms with Crippen molar-refractivity contribution in [3.63, 3.8) is 0 Å². The number of benzene rings is 1. The van der Waals surface area contributed by atoms with Crippen molar-refractivity contribution in [2.75, 3.05) is 0 Å². The molecule has 150 valence electrons. The summed E-state index contributed by atoms with van der Waals surface area (Å²) in [7, 11) is 1.82. The monoisotopic (exact) mass is 418 g/mol. The van der Waals surface area contributed by atoms with Crippen molar-refractivity contribution < 1.29 is 4.79 Å². The molecule has 0 bridgehead atoms. The number of aromatic nitrogens is 5. The van der Waals surface area contributed by atoms with Crippen LogP contribution < -0.4 is 5.32 Å². The molecule has 0 saturated heterocycles. The van der Waals surface area contributed by atoms with E-state index in [1.807, 2.05) is 44.4 Å². The normalized spacial score (nSPS) is 11.8. The topological polar surface area (TPSA) is 85.6 Å². The molecule has 7 nitrogen and oxygen atoms in total. The molecule has 0 aliphatic rings. The van der Waals surface area contributed by atoms with Gasteiger partial charge in [0.2, 0.25) is 0 Å². The van der Waals surface area contributed by atoms with Gasteiger partial charge in [0, 0.05) is 36.2 Å². The minimum atomic E-state index is -0.290. The quantitative estimate of drug-likeness (QED) is 0.527. The van der Waals surface area contributed by atoms with Crippen molar-refractivity contribution in [3.8, 4) is 22.6 Å². The van der Waals surface area contributed by atoms with Crippen molar-refractivity contribution in [1.29, 1.82) is 0 Å². The molecule has 0 spiro atoms. The molecule has 0 aliphatic heterocycles. The fourth-order valence-corrected chi connectivity index (χ4v) is 3.13. The van der Waals surface area contributed by atoms with Gasteiger partial charge in [0.15, 0.2) is 5.82 Å². The molecule has 0 radical (unpaired) electrons. The van der Waals surface area contributed by atoms with Crippen LogP contribution in [0.5, 0.6) is 0 Å². The number of hydrogen-bond acceptors (Lipinski definition) is 5. The van der Waals surface area contributed by atoms with Gasteiger partial charge in [-0.05, 0) is 42.8 Å². The molecule has 1 amide bonds. The van der Waals surface area contributed by atoms with E-state index in [1.54, 1.807) is 41.5 Å². The van der Waals surface area contributed by atoms with Gasteiger partial charge in [0.1, 0.15) is 5.69 Å².